The minimum atomic E-state index is 0.592. The fourth-order valence-electron chi connectivity index (χ4n) is 3.30. The van der Waals surface area contributed by atoms with Crippen LogP contribution in [0.5, 0.6) is 0 Å². The summed E-state index contributed by atoms with van der Waals surface area (Å²) in [5.74, 6) is 0.787. The van der Waals surface area contributed by atoms with Gasteiger partial charge in [0.25, 0.3) is 0 Å². The minimum Gasteiger partial charge on any atom is -0.382 e. The van der Waals surface area contributed by atoms with Crippen molar-refractivity contribution in [1.29, 1.82) is 0 Å². The Morgan fingerprint density at radius 3 is 3.06 bits per heavy atom. The number of hydrogen-bond donors (Lipinski definition) is 2. The Morgan fingerprint density at radius 1 is 1.31 bits per heavy atom. The van der Waals surface area contributed by atoms with Crippen LogP contribution in [-0.2, 0) is 0 Å². The smallest absolute Gasteiger partial charge is 0.0391 e. The van der Waals surface area contributed by atoms with Gasteiger partial charge >= 0.3 is 0 Å². The molecule has 0 amide bonds. The van der Waals surface area contributed by atoms with Gasteiger partial charge in [-0.1, -0.05) is 31.5 Å². The fourth-order valence-corrected chi connectivity index (χ4v) is 3.30. The maximum absolute atomic E-state index is 3.73. The van der Waals surface area contributed by atoms with Crippen LogP contribution in [0.1, 0.15) is 37.8 Å². The van der Waals surface area contributed by atoms with Gasteiger partial charge < -0.3 is 10.6 Å². The molecule has 86 valence electrons. The SMILES string of the molecule is CCC[C@H]1Nc2ccccc2C2NCC[C@H]21. The summed E-state index contributed by atoms with van der Waals surface area (Å²) in [5, 5.41) is 7.39. The Kier molecular flexibility index (Phi) is 2.60. The Balaban J connectivity index is 1.95. The van der Waals surface area contributed by atoms with Crippen LogP contribution in [0.3, 0.4) is 0 Å². The molecule has 1 saturated heterocycles. The molecule has 2 N–H and O–H groups in total. The van der Waals surface area contributed by atoms with Gasteiger partial charge in [0.15, 0.2) is 0 Å². The lowest BCUT2D eigenvalue weighted by Gasteiger charge is -2.37. The van der Waals surface area contributed by atoms with E-state index in [9.17, 15) is 0 Å². The van der Waals surface area contributed by atoms with E-state index in [1.165, 1.54) is 37.1 Å². The highest BCUT2D eigenvalue weighted by molar-refractivity contribution is 5.56. The van der Waals surface area contributed by atoms with Crippen LogP contribution in [0.25, 0.3) is 0 Å². The molecule has 3 rings (SSSR count). The van der Waals surface area contributed by atoms with Crippen molar-refractivity contribution in [3.63, 3.8) is 0 Å². The Bertz CT molecular complexity index is 375. The molecule has 0 saturated carbocycles. The molecule has 2 heterocycles. The van der Waals surface area contributed by atoms with Crippen molar-refractivity contribution >= 4 is 5.69 Å². The molecule has 16 heavy (non-hydrogen) atoms. The van der Waals surface area contributed by atoms with Crippen molar-refractivity contribution in [1.82, 2.24) is 5.32 Å². The van der Waals surface area contributed by atoms with Crippen LogP contribution >= 0.6 is 0 Å². The van der Waals surface area contributed by atoms with Gasteiger partial charge in [-0.3, -0.25) is 0 Å². The van der Waals surface area contributed by atoms with Crippen LogP contribution in [0.2, 0.25) is 0 Å². The van der Waals surface area contributed by atoms with E-state index in [4.69, 9.17) is 0 Å². The maximum atomic E-state index is 3.73. The molecular formula is C14H20N2. The first-order chi connectivity index (χ1) is 7.90. The topological polar surface area (TPSA) is 24.1 Å². The number of hydrogen-bond acceptors (Lipinski definition) is 2. The highest BCUT2D eigenvalue weighted by atomic mass is 15.0. The van der Waals surface area contributed by atoms with E-state index in [1.807, 2.05) is 0 Å². The third-order valence-corrected chi connectivity index (χ3v) is 4.02. The molecule has 2 nitrogen and oxygen atoms in total. The van der Waals surface area contributed by atoms with Crippen molar-refractivity contribution in [2.75, 3.05) is 11.9 Å². The van der Waals surface area contributed by atoms with Gasteiger partial charge in [-0.25, -0.2) is 0 Å². The van der Waals surface area contributed by atoms with Crippen LogP contribution < -0.4 is 10.6 Å². The molecule has 0 aliphatic carbocycles. The highest BCUT2D eigenvalue weighted by Gasteiger charge is 2.38. The number of rotatable bonds is 2. The zero-order chi connectivity index (χ0) is 11.0. The summed E-state index contributed by atoms with van der Waals surface area (Å²) >= 11 is 0. The third kappa shape index (κ3) is 1.52. The largest absolute Gasteiger partial charge is 0.382 e. The predicted octanol–water partition coefficient (Wildman–Crippen LogP) is 2.93. The van der Waals surface area contributed by atoms with E-state index in [0.29, 0.717) is 12.1 Å². The monoisotopic (exact) mass is 216 g/mol. The molecule has 0 spiro atoms. The lowest BCUT2D eigenvalue weighted by Crippen LogP contribution is -2.37. The van der Waals surface area contributed by atoms with Crippen LogP contribution in [-0.4, -0.2) is 12.6 Å². The van der Waals surface area contributed by atoms with E-state index in [0.717, 1.165) is 5.92 Å². The summed E-state index contributed by atoms with van der Waals surface area (Å²) in [5.41, 5.74) is 2.81. The van der Waals surface area contributed by atoms with E-state index < -0.39 is 0 Å². The summed E-state index contributed by atoms with van der Waals surface area (Å²) in [6.07, 6.45) is 3.87. The van der Waals surface area contributed by atoms with Gasteiger partial charge in [0.1, 0.15) is 0 Å². The predicted molar refractivity (Wildman–Crippen MR) is 67.6 cm³/mol. The summed E-state index contributed by atoms with van der Waals surface area (Å²) < 4.78 is 0. The molecular weight excluding hydrogens is 196 g/mol. The zero-order valence-corrected chi connectivity index (χ0v) is 9.87. The first-order valence-corrected chi connectivity index (χ1v) is 6.49. The standard InChI is InChI=1S/C14H20N2/c1-2-5-12-11-8-9-15-14(11)10-6-3-4-7-13(10)16-12/h3-4,6-7,11-12,14-16H,2,5,8-9H2,1H3/t11-,12+,14?/m0/s1. The lowest BCUT2D eigenvalue weighted by molar-refractivity contribution is 0.366. The van der Waals surface area contributed by atoms with E-state index in [-0.39, 0.29) is 0 Å². The second-order valence-electron chi connectivity index (χ2n) is 5.01. The van der Waals surface area contributed by atoms with Crippen molar-refractivity contribution in [3.8, 4) is 0 Å². The Hall–Kier alpha value is -1.02. The average Bonchev–Trinajstić information content (AvgIpc) is 2.79. The first kappa shape index (κ1) is 10.2. The minimum absolute atomic E-state index is 0.592. The van der Waals surface area contributed by atoms with Gasteiger partial charge in [-0.05, 0) is 36.9 Å². The van der Waals surface area contributed by atoms with Crippen LogP contribution in [0.15, 0.2) is 24.3 Å². The van der Waals surface area contributed by atoms with Crippen molar-refractivity contribution < 1.29 is 0 Å². The molecule has 0 radical (unpaired) electrons. The maximum Gasteiger partial charge on any atom is 0.0391 e. The third-order valence-electron chi connectivity index (χ3n) is 4.02. The summed E-state index contributed by atoms with van der Waals surface area (Å²) in [6, 6.07) is 10.0. The van der Waals surface area contributed by atoms with Crippen molar-refractivity contribution in [2.24, 2.45) is 5.92 Å². The molecule has 0 bridgehead atoms. The average molecular weight is 216 g/mol. The van der Waals surface area contributed by atoms with Crippen LogP contribution in [0.4, 0.5) is 5.69 Å². The number of anilines is 1. The normalized spacial score (nSPS) is 31.7. The van der Waals surface area contributed by atoms with E-state index in [2.05, 4.69) is 41.8 Å². The van der Waals surface area contributed by atoms with Crippen LogP contribution in [0, 0.1) is 5.92 Å². The molecule has 2 aliphatic rings. The highest BCUT2D eigenvalue weighted by Crippen LogP contribution is 2.42. The van der Waals surface area contributed by atoms with Gasteiger partial charge in [0.2, 0.25) is 0 Å². The summed E-state index contributed by atoms with van der Waals surface area (Å²) in [7, 11) is 0. The molecule has 1 unspecified atom stereocenters. The van der Waals surface area contributed by atoms with Gasteiger partial charge in [0.05, 0.1) is 0 Å². The number of fused-ring (bicyclic) bond motifs is 3. The molecule has 1 fully saturated rings. The fraction of sp³-hybridized carbons (Fsp3) is 0.571. The Labute approximate surface area is 97.4 Å². The first-order valence-electron chi connectivity index (χ1n) is 6.49. The lowest BCUT2D eigenvalue weighted by atomic mass is 9.81. The molecule has 1 aromatic carbocycles. The Morgan fingerprint density at radius 2 is 2.19 bits per heavy atom. The molecule has 2 heteroatoms. The van der Waals surface area contributed by atoms with Crippen molar-refractivity contribution in [2.45, 2.75) is 38.3 Å². The molecule has 2 aliphatic heterocycles. The summed E-state index contributed by atoms with van der Waals surface area (Å²) in [6.45, 7) is 3.45. The number of benzene rings is 1. The van der Waals surface area contributed by atoms with Crippen molar-refractivity contribution in [3.05, 3.63) is 29.8 Å². The van der Waals surface area contributed by atoms with Gasteiger partial charge in [-0.15, -0.1) is 0 Å². The molecule has 3 atom stereocenters. The van der Waals surface area contributed by atoms with E-state index >= 15 is 0 Å². The van der Waals surface area contributed by atoms with Gasteiger partial charge in [-0.2, -0.15) is 0 Å². The molecule has 1 aromatic rings. The number of para-hydroxylation sites is 1. The summed E-state index contributed by atoms with van der Waals surface area (Å²) in [4.78, 5) is 0. The molecule has 0 aromatic heterocycles. The van der Waals surface area contributed by atoms with E-state index in [1.54, 1.807) is 0 Å². The number of nitrogens with one attached hydrogen (secondary N) is 2. The second-order valence-corrected chi connectivity index (χ2v) is 5.01. The van der Waals surface area contributed by atoms with Gasteiger partial charge in [0, 0.05) is 17.8 Å². The zero-order valence-electron chi connectivity index (χ0n) is 9.87. The second kappa shape index (κ2) is 4.10. The quantitative estimate of drug-likeness (QED) is 0.794.